The second kappa shape index (κ2) is 4.51. The van der Waals surface area contributed by atoms with Gasteiger partial charge in [0.2, 0.25) is 0 Å². The molecular weight excluding hydrogens is 252 g/mol. The molecule has 3 nitrogen and oxygen atoms in total. The van der Waals surface area contributed by atoms with Crippen molar-refractivity contribution < 1.29 is 13.9 Å². The summed E-state index contributed by atoms with van der Waals surface area (Å²) in [5.74, 6) is 1.32. The molecule has 1 aromatic heterocycles. The summed E-state index contributed by atoms with van der Waals surface area (Å²) in [6.45, 7) is 8.04. The maximum atomic E-state index is 11.4. The van der Waals surface area contributed by atoms with E-state index < -0.39 is 0 Å². The number of hydrogen-bond acceptors (Lipinski definition) is 3. The highest BCUT2D eigenvalue weighted by Gasteiger charge is 2.49. The number of carbonyl (C=O) groups is 1. The van der Waals surface area contributed by atoms with Gasteiger partial charge >= 0.3 is 5.97 Å². The summed E-state index contributed by atoms with van der Waals surface area (Å²) in [6.07, 6.45) is 6.70. The van der Waals surface area contributed by atoms with Crippen molar-refractivity contribution >= 4 is 5.97 Å². The van der Waals surface area contributed by atoms with Crippen LogP contribution in [-0.4, -0.2) is 12.1 Å². The van der Waals surface area contributed by atoms with E-state index in [1.165, 1.54) is 23.6 Å². The molecule has 3 atom stereocenters. The first-order valence-electron chi connectivity index (χ1n) is 7.31. The molecule has 0 aliphatic heterocycles. The first-order chi connectivity index (χ1) is 9.41. The van der Waals surface area contributed by atoms with Gasteiger partial charge in [-0.05, 0) is 37.3 Å². The largest absolute Gasteiger partial charge is 0.469 e. The van der Waals surface area contributed by atoms with Gasteiger partial charge in [0.1, 0.15) is 11.9 Å². The summed E-state index contributed by atoms with van der Waals surface area (Å²) >= 11 is 0. The van der Waals surface area contributed by atoms with Crippen LogP contribution >= 0.6 is 0 Å². The number of aryl methyl sites for hydroxylation is 1. The first kappa shape index (κ1) is 13.5. The van der Waals surface area contributed by atoms with Crippen molar-refractivity contribution in [1.29, 1.82) is 0 Å². The van der Waals surface area contributed by atoms with Gasteiger partial charge in [0.05, 0.1) is 6.26 Å². The Labute approximate surface area is 120 Å². The van der Waals surface area contributed by atoms with Gasteiger partial charge in [0.15, 0.2) is 0 Å². The van der Waals surface area contributed by atoms with Crippen molar-refractivity contribution in [1.82, 2.24) is 0 Å². The van der Waals surface area contributed by atoms with Crippen molar-refractivity contribution in [2.75, 3.05) is 0 Å². The number of furan rings is 1. The topological polar surface area (TPSA) is 39.4 Å². The second-order valence-corrected chi connectivity index (χ2v) is 6.54. The molecule has 1 aromatic rings. The molecule has 0 saturated heterocycles. The number of carbonyl (C=O) groups excluding carboxylic acids is 1. The molecule has 0 saturated carbocycles. The molecule has 0 fully saturated rings. The number of hydrogen-bond donors (Lipinski definition) is 0. The molecule has 2 unspecified atom stereocenters. The summed E-state index contributed by atoms with van der Waals surface area (Å²) in [4.78, 5) is 11.4. The SMILES string of the molecule is CC(=O)O[C@@H]1CC=C(C)C2Cc3c(C)coc3CC21C. The van der Waals surface area contributed by atoms with Gasteiger partial charge in [-0.1, -0.05) is 18.6 Å². The van der Waals surface area contributed by atoms with Crippen LogP contribution in [0.2, 0.25) is 0 Å². The van der Waals surface area contributed by atoms with Crippen LogP contribution < -0.4 is 0 Å². The van der Waals surface area contributed by atoms with Crippen LogP contribution in [0.3, 0.4) is 0 Å². The summed E-state index contributed by atoms with van der Waals surface area (Å²) in [5, 5.41) is 0. The highest BCUT2D eigenvalue weighted by atomic mass is 16.5. The molecule has 3 rings (SSSR count). The van der Waals surface area contributed by atoms with E-state index >= 15 is 0 Å². The lowest BCUT2D eigenvalue weighted by molar-refractivity contribution is -0.156. The predicted molar refractivity (Wildman–Crippen MR) is 76.4 cm³/mol. The van der Waals surface area contributed by atoms with E-state index in [2.05, 4.69) is 26.8 Å². The van der Waals surface area contributed by atoms with Gasteiger partial charge in [-0.3, -0.25) is 4.79 Å². The fourth-order valence-electron chi connectivity index (χ4n) is 3.96. The van der Waals surface area contributed by atoms with Crippen LogP contribution in [0.15, 0.2) is 22.3 Å². The molecule has 0 bridgehead atoms. The van der Waals surface area contributed by atoms with Gasteiger partial charge in [-0.25, -0.2) is 0 Å². The number of ether oxygens (including phenoxy) is 1. The van der Waals surface area contributed by atoms with Crippen LogP contribution in [0.1, 0.15) is 44.1 Å². The normalized spacial score (nSPS) is 32.1. The van der Waals surface area contributed by atoms with Crippen molar-refractivity contribution in [3.05, 3.63) is 34.8 Å². The molecule has 0 radical (unpaired) electrons. The minimum absolute atomic E-state index is 0.0488. The average Bonchev–Trinajstić information content (AvgIpc) is 2.72. The summed E-state index contributed by atoms with van der Waals surface area (Å²) in [6, 6.07) is 0. The Morgan fingerprint density at radius 1 is 1.45 bits per heavy atom. The fraction of sp³-hybridized carbons (Fsp3) is 0.588. The molecule has 2 aliphatic rings. The van der Waals surface area contributed by atoms with E-state index in [1.54, 1.807) is 0 Å². The molecule has 20 heavy (non-hydrogen) atoms. The Morgan fingerprint density at radius 3 is 2.90 bits per heavy atom. The fourth-order valence-corrected chi connectivity index (χ4v) is 3.96. The zero-order valence-electron chi connectivity index (χ0n) is 12.7. The van der Waals surface area contributed by atoms with Crippen molar-refractivity contribution in [2.45, 2.75) is 53.1 Å². The van der Waals surface area contributed by atoms with Crippen LogP contribution in [0.5, 0.6) is 0 Å². The van der Waals surface area contributed by atoms with Crippen LogP contribution in [-0.2, 0) is 22.4 Å². The molecule has 0 spiro atoms. The Balaban J connectivity index is 2.02. The lowest BCUT2D eigenvalue weighted by atomic mass is 9.58. The summed E-state index contributed by atoms with van der Waals surface area (Å²) in [5.41, 5.74) is 3.96. The lowest BCUT2D eigenvalue weighted by Gasteiger charge is -2.48. The van der Waals surface area contributed by atoms with Crippen molar-refractivity contribution in [3.8, 4) is 0 Å². The Bertz CT molecular complexity index is 581. The van der Waals surface area contributed by atoms with Gasteiger partial charge in [0.25, 0.3) is 0 Å². The minimum Gasteiger partial charge on any atom is -0.469 e. The van der Waals surface area contributed by atoms with Crippen LogP contribution in [0.4, 0.5) is 0 Å². The minimum atomic E-state index is -0.190. The third-order valence-electron chi connectivity index (χ3n) is 5.18. The monoisotopic (exact) mass is 274 g/mol. The first-order valence-corrected chi connectivity index (χ1v) is 7.31. The van der Waals surface area contributed by atoms with Gasteiger partial charge in [0, 0.05) is 25.2 Å². The summed E-state index contributed by atoms with van der Waals surface area (Å²) in [7, 11) is 0. The van der Waals surface area contributed by atoms with E-state index in [4.69, 9.17) is 9.15 Å². The number of rotatable bonds is 1. The predicted octanol–water partition coefficient (Wildman–Crippen LogP) is 3.59. The number of esters is 1. The Hall–Kier alpha value is -1.51. The van der Waals surface area contributed by atoms with E-state index in [0.29, 0.717) is 5.92 Å². The maximum absolute atomic E-state index is 11.4. The van der Waals surface area contributed by atoms with Crippen molar-refractivity contribution in [3.63, 3.8) is 0 Å². The van der Waals surface area contributed by atoms with Gasteiger partial charge in [-0.2, -0.15) is 0 Å². The van der Waals surface area contributed by atoms with E-state index in [-0.39, 0.29) is 17.5 Å². The second-order valence-electron chi connectivity index (χ2n) is 6.54. The third kappa shape index (κ3) is 1.91. The molecule has 0 amide bonds. The maximum Gasteiger partial charge on any atom is 0.302 e. The Morgan fingerprint density at radius 2 is 2.20 bits per heavy atom. The molecule has 0 N–H and O–H groups in total. The summed E-state index contributed by atoms with van der Waals surface area (Å²) < 4.78 is 11.3. The standard InChI is InChI=1S/C17H22O3/c1-10-5-6-16(20-12(3)18)17(4)8-15-13(7-14(10)17)11(2)9-19-15/h5,9,14,16H,6-8H2,1-4H3/t14?,16-,17?/m1/s1. The van der Waals surface area contributed by atoms with Crippen LogP contribution in [0.25, 0.3) is 0 Å². The smallest absolute Gasteiger partial charge is 0.302 e. The van der Waals surface area contributed by atoms with E-state index in [9.17, 15) is 4.79 Å². The Kier molecular flexibility index (Phi) is 3.03. The van der Waals surface area contributed by atoms with Gasteiger partial charge in [-0.15, -0.1) is 0 Å². The molecular formula is C17H22O3. The third-order valence-corrected chi connectivity index (χ3v) is 5.18. The number of allylic oxidation sites excluding steroid dienone is 1. The molecule has 108 valence electrons. The van der Waals surface area contributed by atoms with E-state index in [1.807, 2.05) is 6.26 Å². The van der Waals surface area contributed by atoms with Crippen LogP contribution in [0, 0.1) is 18.3 Å². The molecule has 3 heteroatoms. The molecule has 0 aromatic carbocycles. The van der Waals surface area contributed by atoms with Gasteiger partial charge < -0.3 is 9.15 Å². The highest BCUT2D eigenvalue weighted by Crippen LogP contribution is 2.51. The quantitative estimate of drug-likeness (QED) is 0.580. The van der Waals surface area contributed by atoms with Crippen molar-refractivity contribution in [2.24, 2.45) is 11.3 Å². The zero-order valence-corrected chi connectivity index (χ0v) is 12.7. The lowest BCUT2D eigenvalue weighted by Crippen LogP contribution is -2.48. The van der Waals surface area contributed by atoms with E-state index in [0.717, 1.165) is 25.0 Å². The number of fused-ring (bicyclic) bond motifs is 2. The molecule has 1 heterocycles. The molecule has 2 aliphatic carbocycles. The zero-order chi connectivity index (χ0) is 14.5. The average molecular weight is 274 g/mol. The highest BCUT2D eigenvalue weighted by molar-refractivity contribution is 5.66.